The van der Waals surface area contributed by atoms with E-state index in [1.54, 1.807) is 12.1 Å². The molecule has 47 heavy (non-hydrogen) atoms. The van der Waals surface area contributed by atoms with Crippen molar-refractivity contribution in [3.8, 4) is 6.07 Å². The summed E-state index contributed by atoms with van der Waals surface area (Å²) in [5.74, 6) is -0.241. The van der Waals surface area contributed by atoms with Crippen molar-refractivity contribution in [2.24, 2.45) is 0 Å². The first kappa shape index (κ1) is 33.2. The number of esters is 1. The van der Waals surface area contributed by atoms with E-state index >= 15 is 0 Å². The Kier molecular flexibility index (Phi) is 10.3. The summed E-state index contributed by atoms with van der Waals surface area (Å²) in [6.45, 7) is 7.85. The topological polar surface area (TPSA) is 59.8 Å². The lowest BCUT2D eigenvalue weighted by Crippen LogP contribution is -2.47. The summed E-state index contributed by atoms with van der Waals surface area (Å²) in [6.07, 6.45) is -3.57. The van der Waals surface area contributed by atoms with E-state index in [9.17, 15) is 18.0 Å². The van der Waals surface area contributed by atoms with Crippen LogP contribution >= 0.6 is 23.5 Å². The molecule has 6 nitrogen and oxygen atoms in total. The maximum absolute atomic E-state index is 13.5. The number of rotatable bonds is 10. The van der Waals surface area contributed by atoms with E-state index in [-0.39, 0.29) is 11.2 Å². The lowest BCUT2D eigenvalue weighted by Gasteiger charge is -2.36. The molecule has 244 valence electrons. The number of benzene rings is 4. The molecule has 2 aliphatic rings. The molecule has 1 atom stereocenters. The number of thioether (sulfide) groups is 1. The van der Waals surface area contributed by atoms with Crippen LogP contribution in [0.4, 0.5) is 24.5 Å². The van der Waals surface area contributed by atoms with Gasteiger partial charge in [-0.2, -0.15) is 18.4 Å². The summed E-state index contributed by atoms with van der Waals surface area (Å²) in [6, 6.07) is 25.6. The summed E-state index contributed by atoms with van der Waals surface area (Å²) in [5.41, 5.74) is 1.56. The van der Waals surface area contributed by atoms with Crippen LogP contribution < -0.4 is 4.90 Å². The Morgan fingerprint density at radius 3 is 2.36 bits per heavy atom. The first-order valence-electron chi connectivity index (χ1n) is 15.7. The van der Waals surface area contributed by atoms with E-state index in [0.717, 1.165) is 76.4 Å². The highest BCUT2D eigenvalue weighted by atomic mass is 32.2. The fraction of sp³-hybridized carbons (Fsp3) is 0.333. The third-order valence-electron chi connectivity index (χ3n) is 8.51. The van der Waals surface area contributed by atoms with Gasteiger partial charge in [0.15, 0.2) is 0 Å². The minimum Gasteiger partial charge on any atom is -0.463 e. The van der Waals surface area contributed by atoms with Gasteiger partial charge in [0, 0.05) is 54.0 Å². The fourth-order valence-corrected chi connectivity index (χ4v) is 7.94. The van der Waals surface area contributed by atoms with Gasteiger partial charge in [0.1, 0.15) is 11.9 Å². The highest BCUT2D eigenvalue weighted by Gasteiger charge is 2.33. The molecule has 4 aromatic rings. The van der Waals surface area contributed by atoms with Crippen LogP contribution in [0.2, 0.25) is 0 Å². The molecule has 0 saturated carbocycles. The minimum atomic E-state index is -4.39. The molecule has 0 radical (unpaired) electrons. The van der Waals surface area contributed by atoms with Crippen LogP contribution in [0.15, 0.2) is 93.5 Å². The van der Waals surface area contributed by atoms with Crippen molar-refractivity contribution in [2.75, 3.05) is 57.3 Å². The summed E-state index contributed by atoms with van der Waals surface area (Å²) < 4.78 is 46.2. The van der Waals surface area contributed by atoms with Gasteiger partial charge in [-0.3, -0.25) is 9.69 Å². The number of ether oxygens (including phenoxy) is 1. The molecule has 0 amide bonds. The van der Waals surface area contributed by atoms with E-state index in [0.29, 0.717) is 30.9 Å². The standard InChI is InChI=1S/C36H35F3N4O2S2/c1-25(46-30-11-9-27-21-26(24-40)7-8-28(27)22-30)35(44)45-20-19-42-17-15-41(16-18-42)13-4-14-43-31-5-2-3-6-33(31)47-34-12-10-29(23-32(34)43)36(37,38)39/h2-3,5-12,21-23,25H,4,13-20H2,1H3. The number of fused-ring (bicyclic) bond motifs is 3. The molecule has 6 rings (SSSR count). The number of nitrogens with zero attached hydrogens (tertiary/aromatic N) is 4. The van der Waals surface area contributed by atoms with E-state index in [1.807, 2.05) is 66.4 Å². The quantitative estimate of drug-likeness (QED) is 0.124. The van der Waals surface area contributed by atoms with Crippen molar-refractivity contribution in [3.63, 3.8) is 0 Å². The molecule has 0 N–H and O–H groups in total. The molecule has 1 fully saturated rings. The Bertz CT molecular complexity index is 1790. The van der Waals surface area contributed by atoms with Crippen molar-refractivity contribution < 1.29 is 22.7 Å². The number of alkyl halides is 3. The van der Waals surface area contributed by atoms with Gasteiger partial charge in [-0.1, -0.05) is 36.0 Å². The monoisotopic (exact) mass is 676 g/mol. The van der Waals surface area contributed by atoms with Crippen LogP contribution in [0.1, 0.15) is 24.5 Å². The van der Waals surface area contributed by atoms with Crippen LogP contribution in [-0.2, 0) is 15.7 Å². The largest absolute Gasteiger partial charge is 0.463 e. The van der Waals surface area contributed by atoms with Crippen molar-refractivity contribution in [1.29, 1.82) is 5.26 Å². The SMILES string of the molecule is CC(Sc1ccc2cc(C#N)ccc2c1)C(=O)OCCN1CCN(CCCN2c3ccccc3Sc3ccc(C(F)(F)F)cc32)CC1. The molecule has 4 aromatic carbocycles. The van der Waals surface area contributed by atoms with Gasteiger partial charge in [0.2, 0.25) is 0 Å². The Balaban J connectivity index is 0.936. The number of hydrogen-bond acceptors (Lipinski definition) is 8. The second-order valence-corrected chi connectivity index (χ2v) is 14.2. The predicted octanol–water partition coefficient (Wildman–Crippen LogP) is 8.06. The van der Waals surface area contributed by atoms with E-state index < -0.39 is 11.7 Å². The van der Waals surface area contributed by atoms with Crippen LogP contribution in [0.5, 0.6) is 0 Å². The molecule has 0 aliphatic carbocycles. The molecular weight excluding hydrogens is 642 g/mol. The Labute approximate surface area is 281 Å². The van der Waals surface area contributed by atoms with Crippen LogP contribution in [0.25, 0.3) is 10.8 Å². The molecule has 0 bridgehead atoms. The third-order valence-corrected chi connectivity index (χ3v) is 10.7. The van der Waals surface area contributed by atoms with Crippen LogP contribution in [0, 0.1) is 11.3 Å². The average Bonchev–Trinajstić information content (AvgIpc) is 3.07. The van der Waals surface area contributed by atoms with Crippen LogP contribution in [-0.4, -0.2) is 73.4 Å². The Hall–Kier alpha value is -3.69. The van der Waals surface area contributed by atoms with Gasteiger partial charge in [0.25, 0.3) is 0 Å². The van der Waals surface area contributed by atoms with Gasteiger partial charge in [-0.05, 0) is 85.3 Å². The zero-order valence-electron chi connectivity index (χ0n) is 26.0. The number of para-hydroxylation sites is 1. The molecule has 1 unspecified atom stereocenters. The van der Waals surface area contributed by atoms with Crippen molar-refractivity contribution in [2.45, 2.75) is 39.5 Å². The highest BCUT2D eigenvalue weighted by molar-refractivity contribution is 8.00. The zero-order valence-corrected chi connectivity index (χ0v) is 27.6. The average molecular weight is 677 g/mol. The van der Waals surface area contributed by atoms with E-state index in [4.69, 9.17) is 10.00 Å². The number of anilines is 2. The summed E-state index contributed by atoms with van der Waals surface area (Å²) in [4.78, 5) is 22.3. The smallest absolute Gasteiger partial charge is 0.416 e. The third kappa shape index (κ3) is 8.07. The minimum absolute atomic E-state index is 0.241. The second kappa shape index (κ2) is 14.6. The molecule has 0 aromatic heterocycles. The summed E-state index contributed by atoms with van der Waals surface area (Å²) in [7, 11) is 0. The fourth-order valence-electron chi connectivity index (χ4n) is 5.95. The maximum Gasteiger partial charge on any atom is 0.416 e. The van der Waals surface area contributed by atoms with Gasteiger partial charge >= 0.3 is 12.1 Å². The van der Waals surface area contributed by atoms with Crippen molar-refractivity contribution in [1.82, 2.24) is 9.80 Å². The summed E-state index contributed by atoms with van der Waals surface area (Å²) in [5, 5.41) is 10.8. The van der Waals surface area contributed by atoms with Crippen molar-refractivity contribution in [3.05, 3.63) is 90.0 Å². The van der Waals surface area contributed by atoms with E-state index in [1.165, 1.54) is 29.6 Å². The number of halogens is 3. The number of hydrogen-bond donors (Lipinski definition) is 0. The normalized spacial score (nSPS) is 15.9. The first-order chi connectivity index (χ1) is 22.7. The molecule has 2 heterocycles. The lowest BCUT2D eigenvalue weighted by molar-refractivity contribution is -0.143. The molecule has 1 saturated heterocycles. The lowest BCUT2D eigenvalue weighted by atomic mass is 10.1. The number of carbonyl (C=O) groups excluding carboxylic acids is 1. The first-order valence-corrected chi connectivity index (χ1v) is 17.3. The van der Waals surface area contributed by atoms with Crippen LogP contribution in [0.3, 0.4) is 0 Å². The number of piperazine rings is 1. The maximum atomic E-state index is 13.5. The molecule has 11 heteroatoms. The molecular formula is C36H35F3N4O2S2. The van der Waals surface area contributed by atoms with Gasteiger partial charge in [0.05, 0.1) is 28.6 Å². The van der Waals surface area contributed by atoms with Gasteiger partial charge in [-0.15, -0.1) is 11.8 Å². The Morgan fingerprint density at radius 1 is 0.894 bits per heavy atom. The van der Waals surface area contributed by atoms with Crippen molar-refractivity contribution >= 4 is 51.6 Å². The predicted molar refractivity (Wildman–Crippen MR) is 181 cm³/mol. The zero-order chi connectivity index (χ0) is 33.0. The number of carbonyl (C=O) groups is 1. The molecule has 2 aliphatic heterocycles. The Morgan fingerprint density at radius 2 is 1.60 bits per heavy atom. The van der Waals surface area contributed by atoms with E-state index in [2.05, 4.69) is 15.9 Å². The van der Waals surface area contributed by atoms with Gasteiger partial charge in [-0.25, -0.2) is 0 Å². The molecule has 0 spiro atoms. The highest BCUT2D eigenvalue weighted by Crippen LogP contribution is 2.49. The number of nitriles is 1. The second-order valence-electron chi connectivity index (χ2n) is 11.7. The summed E-state index contributed by atoms with van der Waals surface area (Å²) >= 11 is 2.97. The van der Waals surface area contributed by atoms with Gasteiger partial charge < -0.3 is 14.5 Å².